The first kappa shape index (κ1) is 14.1. The van der Waals surface area contributed by atoms with Crippen LogP contribution in [0.5, 0.6) is 0 Å². The maximum atomic E-state index is 9.73. The van der Waals surface area contributed by atoms with Gasteiger partial charge in [-0.05, 0) is 25.8 Å². The zero-order valence-corrected chi connectivity index (χ0v) is 13.4. The van der Waals surface area contributed by atoms with Gasteiger partial charge in [0.2, 0.25) is 0 Å². The summed E-state index contributed by atoms with van der Waals surface area (Å²) >= 11 is 0. The lowest BCUT2D eigenvalue weighted by atomic mass is 9.84. The Hall–Kier alpha value is -2.56. The average molecular weight is 308 g/mol. The highest BCUT2D eigenvalue weighted by Gasteiger charge is 2.31. The molecule has 1 atom stereocenters. The van der Waals surface area contributed by atoms with E-state index in [0.29, 0.717) is 0 Å². The van der Waals surface area contributed by atoms with E-state index in [9.17, 15) is 5.21 Å². The minimum Gasteiger partial charge on any atom is -0.411 e. The second-order valence-corrected chi connectivity index (χ2v) is 6.25. The molecule has 2 heterocycles. The number of rotatable bonds is 2. The van der Waals surface area contributed by atoms with Crippen molar-refractivity contribution in [2.75, 3.05) is 0 Å². The molecule has 4 rings (SSSR count). The Morgan fingerprint density at radius 3 is 2.91 bits per heavy atom. The van der Waals surface area contributed by atoms with Crippen molar-refractivity contribution in [3.05, 3.63) is 53.7 Å². The van der Waals surface area contributed by atoms with E-state index in [0.717, 1.165) is 36.5 Å². The van der Waals surface area contributed by atoms with Gasteiger partial charge in [0, 0.05) is 54.1 Å². The van der Waals surface area contributed by atoms with Crippen LogP contribution in [0.4, 0.5) is 0 Å². The normalized spacial score (nSPS) is 19.4. The second-order valence-electron chi connectivity index (χ2n) is 6.25. The first-order valence-corrected chi connectivity index (χ1v) is 7.97. The summed E-state index contributed by atoms with van der Waals surface area (Å²) in [6.45, 7) is 2.80. The summed E-state index contributed by atoms with van der Waals surface area (Å²) < 4.78 is 4.36. The van der Waals surface area contributed by atoms with Crippen LogP contribution in [0.1, 0.15) is 23.5 Å². The molecule has 5 heteroatoms. The minimum atomic E-state index is 0.200. The van der Waals surface area contributed by atoms with E-state index >= 15 is 0 Å². The molecule has 0 fully saturated rings. The van der Waals surface area contributed by atoms with Crippen molar-refractivity contribution in [3.8, 4) is 0 Å². The molecular formula is C18H20N4O. The van der Waals surface area contributed by atoms with Gasteiger partial charge in [0.05, 0.1) is 5.71 Å². The second kappa shape index (κ2) is 5.26. The van der Waals surface area contributed by atoms with Crippen LogP contribution in [-0.2, 0) is 20.0 Å². The first-order valence-electron chi connectivity index (χ1n) is 7.97. The molecule has 3 aromatic rings. The Morgan fingerprint density at radius 2 is 2.17 bits per heavy atom. The van der Waals surface area contributed by atoms with Crippen molar-refractivity contribution in [2.45, 2.75) is 26.3 Å². The standard InChI is InChI=1S/C18H20N4O/c1-12-19-9-10-22(12)11-13-7-8-16-17(18(13)20-23)14-5-3-4-6-15(14)21(16)2/h3-6,9-10,13,23H,7-8,11H2,1-2H3. The van der Waals surface area contributed by atoms with Gasteiger partial charge >= 0.3 is 0 Å². The van der Waals surface area contributed by atoms with Crippen LogP contribution < -0.4 is 0 Å². The summed E-state index contributed by atoms with van der Waals surface area (Å²) in [5.41, 5.74) is 4.37. The lowest BCUT2D eigenvalue weighted by Gasteiger charge is -2.25. The molecule has 0 bridgehead atoms. The van der Waals surface area contributed by atoms with Crippen molar-refractivity contribution >= 4 is 16.6 Å². The zero-order chi connectivity index (χ0) is 16.0. The van der Waals surface area contributed by atoms with E-state index in [1.807, 2.05) is 25.4 Å². The van der Waals surface area contributed by atoms with Crippen LogP contribution in [0.25, 0.3) is 10.9 Å². The molecule has 0 aliphatic heterocycles. The van der Waals surface area contributed by atoms with Gasteiger partial charge < -0.3 is 14.3 Å². The van der Waals surface area contributed by atoms with Crippen molar-refractivity contribution in [2.24, 2.45) is 18.1 Å². The molecule has 0 radical (unpaired) electrons. The molecule has 1 aliphatic rings. The van der Waals surface area contributed by atoms with Crippen molar-refractivity contribution in [3.63, 3.8) is 0 Å². The number of aryl methyl sites for hydroxylation is 2. The third-order valence-electron chi connectivity index (χ3n) is 5.05. The number of fused-ring (bicyclic) bond motifs is 3. The van der Waals surface area contributed by atoms with E-state index < -0.39 is 0 Å². The van der Waals surface area contributed by atoms with Crippen LogP contribution in [0.2, 0.25) is 0 Å². The summed E-state index contributed by atoms with van der Waals surface area (Å²) in [6.07, 6.45) is 5.78. The summed E-state index contributed by atoms with van der Waals surface area (Å²) in [7, 11) is 2.09. The number of aromatic nitrogens is 3. The Bertz CT molecular complexity index is 903. The Morgan fingerprint density at radius 1 is 1.35 bits per heavy atom. The number of para-hydroxylation sites is 1. The fourth-order valence-electron chi connectivity index (χ4n) is 3.82. The van der Waals surface area contributed by atoms with E-state index in [1.165, 1.54) is 16.6 Å². The number of nitrogens with zero attached hydrogens (tertiary/aromatic N) is 4. The molecular weight excluding hydrogens is 288 g/mol. The summed E-state index contributed by atoms with van der Waals surface area (Å²) in [5, 5.41) is 14.6. The third-order valence-corrected chi connectivity index (χ3v) is 5.05. The highest BCUT2D eigenvalue weighted by atomic mass is 16.4. The predicted octanol–water partition coefficient (Wildman–Crippen LogP) is 3.12. The minimum absolute atomic E-state index is 0.200. The fraction of sp³-hybridized carbons (Fsp3) is 0.333. The van der Waals surface area contributed by atoms with Crippen LogP contribution in [-0.4, -0.2) is 25.0 Å². The van der Waals surface area contributed by atoms with E-state index in [1.54, 1.807) is 0 Å². The Balaban J connectivity index is 1.82. The predicted molar refractivity (Wildman–Crippen MR) is 90.0 cm³/mol. The lowest BCUT2D eigenvalue weighted by Crippen LogP contribution is -2.28. The van der Waals surface area contributed by atoms with Gasteiger partial charge in [-0.25, -0.2) is 4.98 Å². The number of hydrogen-bond acceptors (Lipinski definition) is 3. The molecule has 5 nitrogen and oxygen atoms in total. The maximum Gasteiger partial charge on any atom is 0.105 e. The molecule has 1 aromatic carbocycles. The summed E-state index contributed by atoms with van der Waals surface area (Å²) in [5.74, 6) is 1.19. The SMILES string of the molecule is Cc1nccn1CC1CCc2c(c3ccccc3n2C)C1=NO. The highest BCUT2D eigenvalue weighted by molar-refractivity contribution is 6.13. The molecule has 1 N–H and O–H groups in total. The number of imidazole rings is 1. The molecule has 23 heavy (non-hydrogen) atoms. The molecule has 0 amide bonds. The number of hydrogen-bond donors (Lipinski definition) is 1. The molecule has 2 aromatic heterocycles. The van der Waals surface area contributed by atoms with E-state index in [-0.39, 0.29) is 5.92 Å². The van der Waals surface area contributed by atoms with Gasteiger partial charge in [-0.3, -0.25) is 0 Å². The third kappa shape index (κ3) is 2.07. The van der Waals surface area contributed by atoms with Gasteiger partial charge in [-0.15, -0.1) is 0 Å². The summed E-state index contributed by atoms with van der Waals surface area (Å²) in [4.78, 5) is 4.29. The quantitative estimate of drug-likeness (QED) is 0.584. The van der Waals surface area contributed by atoms with Crippen LogP contribution in [0.15, 0.2) is 41.8 Å². The zero-order valence-electron chi connectivity index (χ0n) is 13.4. The fourth-order valence-corrected chi connectivity index (χ4v) is 3.82. The van der Waals surface area contributed by atoms with Gasteiger partial charge in [-0.1, -0.05) is 23.4 Å². The lowest BCUT2D eigenvalue weighted by molar-refractivity contribution is 0.311. The van der Waals surface area contributed by atoms with Gasteiger partial charge in [0.1, 0.15) is 5.82 Å². The van der Waals surface area contributed by atoms with Crippen LogP contribution in [0, 0.1) is 12.8 Å². The molecule has 118 valence electrons. The Kier molecular flexibility index (Phi) is 3.22. The van der Waals surface area contributed by atoms with Crippen molar-refractivity contribution in [1.29, 1.82) is 0 Å². The van der Waals surface area contributed by atoms with E-state index in [4.69, 9.17) is 0 Å². The average Bonchev–Trinajstić information content (AvgIpc) is 3.10. The van der Waals surface area contributed by atoms with Crippen molar-refractivity contribution < 1.29 is 5.21 Å². The maximum absolute atomic E-state index is 9.73. The molecule has 0 saturated carbocycles. The monoisotopic (exact) mass is 308 g/mol. The first-order chi connectivity index (χ1) is 11.2. The number of oxime groups is 1. The van der Waals surface area contributed by atoms with Crippen LogP contribution >= 0.6 is 0 Å². The molecule has 1 unspecified atom stereocenters. The van der Waals surface area contributed by atoms with Gasteiger partial charge in [0.15, 0.2) is 0 Å². The van der Waals surface area contributed by atoms with Crippen molar-refractivity contribution in [1.82, 2.24) is 14.1 Å². The number of benzene rings is 1. The topological polar surface area (TPSA) is 55.3 Å². The molecule has 0 spiro atoms. The van der Waals surface area contributed by atoms with E-state index in [2.05, 4.69) is 44.5 Å². The highest BCUT2D eigenvalue weighted by Crippen LogP contribution is 2.34. The van der Waals surface area contributed by atoms with Gasteiger partial charge in [0.25, 0.3) is 0 Å². The van der Waals surface area contributed by atoms with Gasteiger partial charge in [-0.2, -0.15) is 0 Å². The molecule has 1 aliphatic carbocycles. The molecule has 0 saturated heterocycles. The smallest absolute Gasteiger partial charge is 0.105 e. The van der Waals surface area contributed by atoms with Crippen LogP contribution in [0.3, 0.4) is 0 Å². The largest absolute Gasteiger partial charge is 0.411 e. The summed E-state index contributed by atoms with van der Waals surface area (Å²) in [6, 6.07) is 8.33. The Labute approximate surface area is 134 Å².